The molecule has 122 valence electrons. The first-order valence-corrected chi connectivity index (χ1v) is 8.08. The predicted octanol–water partition coefficient (Wildman–Crippen LogP) is 0.236. The second-order valence-corrected chi connectivity index (χ2v) is 7.36. The van der Waals surface area contributed by atoms with Crippen LogP contribution in [0.4, 0.5) is 0 Å². The van der Waals surface area contributed by atoms with E-state index in [1.807, 2.05) is 11.9 Å². The molecule has 23 heavy (non-hydrogen) atoms. The zero-order valence-electron chi connectivity index (χ0n) is 12.8. The molecule has 6 nitrogen and oxygen atoms in total. The molecule has 5 rings (SSSR count). The highest BCUT2D eigenvalue weighted by Gasteiger charge is 2.74. The summed E-state index contributed by atoms with van der Waals surface area (Å²) in [5.74, 6) is 0.200. The predicted molar refractivity (Wildman–Crippen MR) is 79.4 cm³/mol. The molecule has 0 radical (unpaired) electrons. The van der Waals surface area contributed by atoms with Crippen LogP contribution < -0.4 is 4.74 Å². The number of Topliss-reactive ketones (excluding diaryl/α,β-unsaturated/α-hetero) is 1. The van der Waals surface area contributed by atoms with Gasteiger partial charge >= 0.3 is 0 Å². The van der Waals surface area contributed by atoms with Crippen molar-refractivity contribution in [1.82, 2.24) is 4.90 Å². The van der Waals surface area contributed by atoms with Gasteiger partial charge in [0.1, 0.15) is 0 Å². The second kappa shape index (κ2) is 3.88. The van der Waals surface area contributed by atoms with Crippen LogP contribution in [-0.2, 0) is 10.2 Å². The number of carbonyl (C=O) groups excluding carboxylic acids is 1. The van der Waals surface area contributed by atoms with Gasteiger partial charge in [-0.2, -0.15) is 0 Å². The van der Waals surface area contributed by atoms with E-state index in [1.165, 1.54) is 6.07 Å². The van der Waals surface area contributed by atoms with E-state index < -0.39 is 29.3 Å². The lowest BCUT2D eigenvalue weighted by Crippen LogP contribution is -2.76. The molecule has 0 amide bonds. The maximum atomic E-state index is 12.5. The Hall–Kier alpha value is -1.63. The number of ketones is 1. The minimum absolute atomic E-state index is 0.0316. The van der Waals surface area contributed by atoms with Gasteiger partial charge in [-0.05, 0) is 38.1 Å². The van der Waals surface area contributed by atoms with E-state index in [-0.39, 0.29) is 23.7 Å². The third-order valence-electron chi connectivity index (χ3n) is 6.56. The van der Waals surface area contributed by atoms with Crippen molar-refractivity contribution >= 4 is 5.78 Å². The zero-order chi connectivity index (χ0) is 16.1. The lowest BCUT2D eigenvalue weighted by molar-refractivity contribution is -0.206. The van der Waals surface area contributed by atoms with E-state index in [0.29, 0.717) is 30.5 Å². The van der Waals surface area contributed by atoms with Crippen molar-refractivity contribution in [3.8, 4) is 11.5 Å². The number of phenolic OH excluding ortho intramolecular Hbond substituents is 1. The molecular weight excluding hydrogens is 298 g/mol. The quantitative estimate of drug-likeness (QED) is 0.635. The Bertz CT molecular complexity index is 749. The largest absolute Gasteiger partial charge is 0.504 e. The summed E-state index contributed by atoms with van der Waals surface area (Å²) in [5, 5.41) is 32.8. The van der Waals surface area contributed by atoms with Crippen LogP contribution in [0, 0.1) is 0 Å². The van der Waals surface area contributed by atoms with Gasteiger partial charge in [0.25, 0.3) is 0 Å². The standard InChI is InChI=1S/C17H19NO5/c1-18-7-6-16-11-8-2-3-9(19)13(11)23-15(16)10(20)4-5-17(16,22)14(18)12(8)21/h2-3,12,14-15,19,21-22H,4-7H2,1H3/t12?,14-,15+,16+,17-/m1/s1. The molecule has 3 N–H and O–H groups in total. The number of rotatable bonds is 0. The monoisotopic (exact) mass is 317 g/mol. The molecular formula is C17H19NO5. The van der Waals surface area contributed by atoms with Crippen LogP contribution in [0.1, 0.15) is 36.5 Å². The topological polar surface area (TPSA) is 90.2 Å². The Kier molecular flexibility index (Phi) is 2.33. The minimum atomic E-state index is -1.23. The molecule has 2 aliphatic heterocycles. The second-order valence-electron chi connectivity index (χ2n) is 7.36. The fraction of sp³-hybridized carbons (Fsp3) is 0.588. The number of piperidine rings is 1. The van der Waals surface area contributed by atoms with Gasteiger partial charge in [-0.1, -0.05) is 6.07 Å². The summed E-state index contributed by atoms with van der Waals surface area (Å²) < 4.78 is 5.88. The first-order valence-electron chi connectivity index (χ1n) is 8.08. The molecule has 5 atom stereocenters. The number of carbonyl (C=O) groups is 1. The summed E-state index contributed by atoms with van der Waals surface area (Å²) in [4.78, 5) is 14.5. The summed E-state index contributed by atoms with van der Waals surface area (Å²) in [6, 6.07) is 2.71. The van der Waals surface area contributed by atoms with Gasteiger partial charge in [0.15, 0.2) is 23.4 Å². The molecule has 1 aromatic rings. The molecule has 1 spiro atoms. The number of likely N-dealkylation sites (tertiary alicyclic amines) is 1. The highest BCUT2D eigenvalue weighted by Crippen LogP contribution is 2.66. The fourth-order valence-electron chi connectivity index (χ4n) is 5.63. The van der Waals surface area contributed by atoms with Crippen LogP contribution in [0.5, 0.6) is 11.5 Å². The van der Waals surface area contributed by atoms with E-state index in [1.54, 1.807) is 6.07 Å². The zero-order valence-corrected chi connectivity index (χ0v) is 12.8. The SMILES string of the molecule is CN1CC[C@]23c4c5ccc(O)c4O[C@H]2C(=O)CC[C@@]3(O)[C@H]1C5O. The summed E-state index contributed by atoms with van der Waals surface area (Å²) in [7, 11) is 1.90. The Morgan fingerprint density at radius 3 is 2.91 bits per heavy atom. The van der Waals surface area contributed by atoms with Crippen molar-refractivity contribution in [1.29, 1.82) is 0 Å². The van der Waals surface area contributed by atoms with Gasteiger partial charge < -0.3 is 20.1 Å². The number of aliphatic hydroxyl groups excluding tert-OH is 1. The van der Waals surface area contributed by atoms with Crippen LogP contribution in [-0.4, -0.2) is 57.3 Å². The number of ether oxygens (including phenoxy) is 1. The lowest BCUT2D eigenvalue weighted by atomic mass is 9.48. The lowest BCUT2D eigenvalue weighted by Gasteiger charge is -2.63. The molecule has 2 aliphatic carbocycles. The first kappa shape index (κ1) is 13.8. The minimum Gasteiger partial charge on any atom is -0.504 e. The van der Waals surface area contributed by atoms with Crippen molar-refractivity contribution in [2.24, 2.45) is 0 Å². The Balaban J connectivity index is 1.91. The Morgan fingerprint density at radius 2 is 2.13 bits per heavy atom. The Morgan fingerprint density at radius 1 is 1.35 bits per heavy atom. The summed E-state index contributed by atoms with van der Waals surface area (Å²) in [6.07, 6.45) is -0.533. The van der Waals surface area contributed by atoms with Gasteiger partial charge in [0.2, 0.25) is 0 Å². The van der Waals surface area contributed by atoms with Crippen LogP contribution in [0.25, 0.3) is 0 Å². The summed E-state index contributed by atoms with van der Waals surface area (Å²) >= 11 is 0. The maximum absolute atomic E-state index is 12.5. The molecule has 1 aromatic carbocycles. The molecule has 2 heterocycles. The number of nitrogens with zero attached hydrogens (tertiary/aromatic N) is 1. The van der Waals surface area contributed by atoms with Crippen molar-refractivity contribution < 1.29 is 24.9 Å². The smallest absolute Gasteiger partial charge is 0.174 e. The van der Waals surface area contributed by atoms with E-state index in [2.05, 4.69) is 0 Å². The van der Waals surface area contributed by atoms with E-state index in [0.717, 1.165) is 0 Å². The number of likely N-dealkylation sites (N-methyl/N-ethyl adjacent to an activating group) is 1. The fourth-order valence-corrected chi connectivity index (χ4v) is 5.63. The van der Waals surface area contributed by atoms with Crippen molar-refractivity contribution in [2.75, 3.05) is 13.6 Å². The van der Waals surface area contributed by atoms with Crippen LogP contribution in [0.2, 0.25) is 0 Å². The van der Waals surface area contributed by atoms with Crippen molar-refractivity contribution in [3.63, 3.8) is 0 Å². The first-order chi connectivity index (χ1) is 10.9. The van der Waals surface area contributed by atoms with Crippen LogP contribution in [0.15, 0.2) is 12.1 Å². The van der Waals surface area contributed by atoms with E-state index in [9.17, 15) is 20.1 Å². The average molecular weight is 317 g/mol. The van der Waals surface area contributed by atoms with Gasteiger partial charge in [-0.3, -0.25) is 9.69 Å². The van der Waals surface area contributed by atoms with Crippen LogP contribution in [0.3, 0.4) is 0 Å². The van der Waals surface area contributed by atoms with Gasteiger partial charge in [-0.25, -0.2) is 0 Å². The van der Waals surface area contributed by atoms with E-state index >= 15 is 0 Å². The molecule has 6 heteroatoms. The van der Waals surface area contributed by atoms with E-state index in [4.69, 9.17) is 4.74 Å². The van der Waals surface area contributed by atoms with Crippen molar-refractivity contribution in [2.45, 2.75) is 48.5 Å². The Labute approximate surface area is 133 Å². The average Bonchev–Trinajstić information content (AvgIpc) is 2.86. The normalized spacial score (nSPS) is 44.0. The van der Waals surface area contributed by atoms with Gasteiger partial charge in [0.05, 0.1) is 23.2 Å². The van der Waals surface area contributed by atoms with Crippen molar-refractivity contribution in [3.05, 3.63) is 23.3 Å². The third kappa shape index (κ3) is 1.24. The van der Waals surface area contributed by atoms with Crippen LogP contribution >= 0.6 is 0 Å². The molecule has 1 saturated carbocycles. The number of aliphatic hydroxyl groups is 2. The number of phenols is 1. The van der Waals surface area contributed by atoms with Gasteiger partial charge in [0, 0.05) is 12.0 Å². The molecule has 2 fully saturated rings. The summed E-state index contributed by atoms with van der Waals surface area (Å²) in [5.41, 5.74) is -0.780. The molecule has 0 aromatic heterocycles. The third-order valence-corrected chi connectivity index (χ3v) is 6.56. The number of benzene rings is 1. The number of hydrogen-bond acceptors (Lipinski definition) is 6. The molecule has 2 bridgehead atoms. The number of hydrogen-bond donors (Lipinski definition) is 3. The number of aromatic hydroxyl groups is 1. The summed E-state index contributed by atoms with van der Waals surface area (Å²) in [6.45, 7) is 0.658. The molecule has 4 aliphatic rings. The highest BCUT2D eigenvalue weighted by atomic mass is 16.5. The molecule has 1 unspecified atom stereocenters. The van der Waals surface area contributed by atoms with Gasteiger partial charge in [-0.15, -0.1) is 0 Å². The molecule has 1 saturated heterocycles. The maximum Gasteiger partial charge on any atom is 0.174 e. The highest BCUT2D eigenvalue weighted by molar-refractivity contribution is 5.90.